The molecular weight excluding hydrogens is 549 g/mol. The normalized spacial score (nSPS) is 10.9. The topological polar surface area (TPSA) is 81.7 Å². The number of azo groups is 2. The first-order valence-corrected chi connectivity index (χ1v) is 15.2. The summed E-state index contributed by atoms with van der Waals surface area (Å²) >= 11 is 2.92. The Morgan fingerprint density at radius 1 is 0.659 bits per heavy atom. The van der Waals surface area contributed by atoms with Gasteiger partial charge in [-0.2, -0.15) is 14.6 Å². The molecule has 8 nitrogen and oxygen atoms in total. The van der Waals surface area contributed by atoms with E-state index in [9.17, 15) is 0 Å². The number of aromatic nitrogens is 2. The van der Waals surface area contributed by atoms with E-state index in [4.69, 9.17) is 0 Å². The summed E-state index contributed by atoms with van der Waals surface area (Å²) in [4.78, 5) is 8.52. The molecule has 0 radical (unpaired) electrons. The highest BCUT2D eigenvalue weighted by Gasteiger charge is 2.10. The van der Waals surface area contributed by atoms with E-state index < -0.39 is 0 Å². The molecule has 0 saturated heterocycles. The second kappa shape index (κ2) is 15.5. The van der Waals surface area contributed by atoms with Crippen LogP contribution in [0.1, 0.15) is 53.1 Å². The van der Waals surface area contributed by atoms with Crippen LogP contribution in [0, 0.1) is 48.5 Å². The Kier molecular flexibility index (Phi) is 12.7. The predicted octanol–water partition coefficient (Wildman–Crippen LogP) is 10.4. The standard InChI is InChI=1S/C18H23N3.C11H15N5S2.C2H6/c1-12-8-7-9-13(2)18(12)20-19-16-10-15(4)17(21(5)6)11-14(16)3;1-6-7(2)15-18-9(6)13-14-10-8(3)12-11(17-10)16(4)5;1-2/h7-11H,1-6H3;1-5H3;1-2H3. The molecule has 2 aromatic heterocycles. The third-order valence-corrected chi connectivity index (χ3v) is 8.34. The quantitative estimate of drug-likeness (QED) is 0.209. The van der Waals surface area contributed by atoms with Crippen molar-refractivity contribution in [1.82, 2.24) is 9.36 Å². The average molecular weight is 593 g/mol. The number of benzene rings is 2. The van der Waals surface area contributed by atoms with Crippen molar-refractivity contribution in [2.45, 2.75) is 62.3 Å². The van der Waals surface area contributed by atoms with Crippen molar-refractivity contribution in [3.8, 4) is 0 Å². The van der Waals surface area contributed by atoms with Gasteiger partial charge >= 0.3 is 0 Å². The molecule has 10 heteroatoms. The summed E-state index contributed by atoms with van der Waals surface area (Å²) in [7, 11) is 8.05. The first-order chi connectivity index (χ1) is 19.4. The molecule has 220 valence electrons. The van der Waals surface area contributed by atoms with Crippen molar-refractivity contribution in [2.24, 2.45) is 20.5 Å². The van der Waals surface area contributed by atoms with Gasteiger partial charge in [0.15, 0.2) is 15.1 Å². The minimum absolute atomic E-state index is 0.851. The Morgan fingerprint density at radius 3 is 1.78 bits per heavy atom. The highest BCUT2D eigenvalue weighted by molar-refractivity contribution is 7.19. The van der Waals surface area contributed by atoms with Gasteiger partial charge in [-0.25, -0.2) is 4.98 Å². The van der Waals surface area contributed by atoms with Crippen LogP contribution < -0.4 is 9.80 Å². The smallest absolute Gasteiger partial charge is 0.187 e. The average Bonchev–Trinajstić information content (AvgIpc) is 3.46. The third-order valence-electron chi connectivity index (χ3n) is 6.20. The van der Waals surface area contributed by atoms with E-state index >= 15 is 0 Å². The molecular formula is C31H44N8S2. The van der Waals surface area contributed by atoms with Crippen LogP contribution in [-0.2, 0) is 0 Å². The molecule has 41 heavy (non-hydrogen) atoms. The summed E-state index contributed by atoms with van der Waals surface area (Å²) < 4.78 is 4.25. The number of nitrogens with zero attached hydrogens (tertiary/aromatic N) is 8. The molecule has 0 bridgehead atoms. The molecule has 4 rings (SSSR count). The fraction of sp³-hybridized carbons (Fsp3) is 0.419. The summed E-state index contributed by atoms with van der Waals surface area (Å²) in [5, 5.41) is 20.1. The summed E-state index contributed by atoms with van der Waals surface area (Å²) in [6.45, 7) is 18.2. The lowest BCUT2D eigenvalue weighted by atomic mass is 10.1. The molecule has 0 N–H and O–H groups in total. The van der Waals surface area contributed by atoms with Crippen molar-refractivity contribution in [3.63, 3.8) is 0 Å². The number of anilines is 2. The number of thiazole rings is 1. The second-order valence-corrected chi connectivity index (χ2v) is 11.6. The van der Waals surface area contributed by atoms with Gasteiger partial charge in [0, 0.05) is 39.4 Å². The SMILES string of the molecule is CC.Cc1cc(N(C)C)c(C)cc1N=Nc1c(C)cccc1C.Cc1nc(N(C)C)sc1N=Nc1snc(C)c1C. The summed E-state index contributed by atoms with van der Waals surface area (Å²) in [6, 6.07) is 10.4. The van der Waals surface area contributed by atoms with E-state index in [1.807, 2.05) is 59.7 Å². The zero-order chi connectivity index (χ0) is 30.9. The lowest BCUT2D eigenvalue weighted by Crippen LogP contribution is -2.10. The number of hydrogen-bond acceptors (Lipinski definition) is 10. The Labute approximate surface area is 254 Å². The van der Waals surface area contributed by atoms with Crippen molar-refractivity contribution in [1.29, 1.82) is 0 Å². The largest absolute Gasteiger partial charge is 0.377 e. The van der Waals surface area contributed by atoms with Crippen molar-refractivity contribution >= 4 is 55.1 Å². The molecule has 2 heterocycles. The van der Waals surface area contributed by atoms with E-state index in [2.05, 4.69) is 101 Å². The number of rotatable bonds is 6. The Bertz CT molecular complexity index is 1480. The highest BCUT2D eigenvalue weighted by atomic mass is 32.1. The second-order valence-electron chi connectivity index (χ2n) is 9.94. The fourth-order valence-corrected chi connectivity index (χ4v) is 5.22. The Hall–Kier alpha value is -3.50. The van der Waals surface area contributed by atoms with Crippen molar-refractivity contribution in [2.75, 3.05) is 38.0 Å². The summed E-state index contributed by atoms with van der Waals surface area (Å²) in [5.74, 6) is 0. The van der Waals surface area contributed by atoms with E-state index in [-0.39, 0.29) is 0 Å². The van der Waals surface area contributed by atoms with E-state index in [1.165, 1.54) is 34.1 Å². The van der Waals surface area contributed by atoms with Crippen LogP contribution in [0.2, 0.25) is 0 Å². The first kappa shape index (κ1) is 33.7. The van der Waals surface area contributed by atoms with Crippen LogP contribution in [-0.4, -0.2) is 37.5 Å². The molecule has 0 aliphatic carbocycles. The van der Waals surface area contributed by atoms with Crippen LogP contribution in [0.5, 0.6) is 0 Å². The molecule has 0 aliphatic heterocycles. The number of aryl methyl sites for hydroxylation is 6. The fourth-order valence-electron chi connectivity index (χ4n) is 3.69. The molecule has 0 saturated carbocycles. The molecule has 0 unspecified atom stereocenters. The minimum Gasteiger partial charge on any atom is -0.377 e. The van der Waals surface area contributed by atoms with Crippen LogP contribution in [0.4, 0.5) is 32.2 Å². The Morgan fingerprint density at radius 2 is 1.27 bits per heavy atom. The van der Waals surface area contributed by atoms with Crippen LogP contribution >= 0.6 is 22.9 Å². The Balaban J connectivity index is 0.000000273. The molecule has 0 atom stereocenters. The monoisotopic (exact) mass is 592 g/mol. The molecule has 4 aromatic rings. The highest BCUT2D eigenvalue weighted by Crippen LogP contribution is 2.35. The molecule has 0 spiro atoms. The molecule has 0 fully saturated rings. The third kappa shape index (κ3) is 8.99. The predicted molar refractivity (Wildman–Crippen MR) is 179 cm³/mol. The van der Waals surface area contributed by atoms with Gasteiger partial charge in [-0.1, -0.05) is 43.4 Å². The van der Waals surface area contributed by atoms with Crippen molar-refractivity contribution < 1.29 is 0 Å². The molecule has 2 aromatic carbocycles. The van der Waals surface area contributed by atoms with Gasteiger partial charge in [0.2, 0.25) is 0 Å². The summed E-state index contributed by atoms with van der Waals surface area (Å²) in [6.07, 6.45) is 0. The van der Waals surface area contributed by atoms with Gasteiger partial charge in [-0.3, -0.25) is 0 Å². The van der Waals surface area contributed by atoms with E-state index in [0.29, 0.717) is 0 Å². The van der Waals surface area contributed by atoms with Gasteiger partial charge in [-0.15, -0.1) is 10.2 Å². The molecule has 0 aliphatic rings. The first-order valence-electron chi connectivity index (χ1n) is 13.6. The maximum absolute atomic E-state index is 4.47. The number of hydrogen-bond donors (Lipinski definition) is 0. The lowest BCUT2D eigenvalue weighted by molar-refractivity contribution is 1.08. The van der Waals surface area contributed by atoms with Crippen LogP contribution in [0.3, 0.4) is 0 Å². The van der Waals surface area contributed by atoms with Gasteiger partial charge < -0.3 is 9.80 Å². The maximum atomic E-state index is 4.47. The van der Waals surface area contributed by atoms with Crippen LogP contribution in [0.15, 0.2) is 50.8 Å². The van der Waals surface area contributed by atoms with Crippen LogP contribution in [0.25, 0.3) is 0 Å². The molecule has 0 amide bonds. The summed E-state index contributed by atoms with van der Waals surface area (Å²) in [5.41, 5.74) is 10.8. The zero-order valence-electron chi connectivity index (χ0n) is 26.8. The van der Waals surface area contributed by atoms with E-state index in [1.54, 1.807) is 0 Å². The lowest BCUT2D eigenvalue weighted by Gasteiger charge is -2.17. The van der Waals surface area contributed by atoms with E-state index in [0.717, 1.165) is 60.2 Å². The van der Waals surface area contributed by atoms with Gasteiger partial charge in [0.05, 0.1) is 22.8 Å². The van der Waals surface area contributed by atoms with Gasteiger partial charge in [0.1, 0.15) is 0 Å². The van der Waals surface area contributed by atoms with Gasteiger partial charge in [0.25, 0.3) is 0 Å². The maximum Gasteiger partial charge on any atom is 0.187 e. The van der Waals surface area contributed by atoms with Gasteiger partial charge in [-0.05, 0) is 94.4 Å². The minimum atomic E-state index is 0.851. The zero-order valence-corrected chi connectivity index (χ0v) is 28.4. The van der Waals surface area contributed by atoms with Crippen molar-refractivity contribution in [3.05, 3.63) is 69.5 Å².